The first-order chi connectivity index (χ1) is 12.9. The minimum atomic E-state index is -4.03. The Balaban J connectivity index is 1.79. The van der Waals surface area contributed by atoms with Gasteiger partial charge in [-0.2, -0.15) is 8.42 Å². The molecule has 0 spiro atoms. The monoisotopic (exact) mass is 399 g/mol. The Bertz CT molecular complexity index is 1160. The molecule has 0 atom stereocenters. The van der Waals surface area contributed by atoms with Crippen molar-refractivity contribution >= 4 is 44.5 Å². The molecule has 0 saturated carbocycles. The number of nitrogens with zero attached hydrogens (tertiary/aromatic N) is 2. The molecule has 27 heavy (non-hydrogen) atoms. The van der Waals surface area contributed by atoms with Gasteiger partial charge in [0, 0.05) is 23.6 Å². The predicted octanol–water partition coefficient (Wildman–Crippen LogP) is 3.46. The lowest BCUT2D eigenvalue weighted by molar-refractivity contribution is -0.644. The second kappa shape index (κ2) is 6.99. The molecule has 138 valence electrons. The van der Waals surface area contributed by atoms with E-state index in [9.17, 15) is 13.0 Å². The minimum absolute atomic E-state index is 0.202. The van der Waals surface area contributed by atoms with E-state index >= 15 is 0 Å². The summed E-state index contributed by atoms with van der Waals surface area (Å²) in [5, 5.41) is 2.07. The van der Waals surface area contributed by atoms with Crippen LogP contribution in [0.3, 0.4) is 0 Å². The van der Waals surface area contributed by atoms with Gasteiger partial charge in [-0.25, -0.2) is 4.57 Å². The highest BCUT2D eigenvalue weighted by atomic mass is 32.2. The minimum Gasteiger partial charge on any atom is -0.334 e. The number of fused-ring (bicyclic) bond motifs is 2. The molecule has 2 heterocycles. The van der Waals surface area contributed by atoms with Gasteiger partial charge in [-0.1, -0.05) is 36.0 Å². The van der Waals surface area contributed by atoms with Crippen molar-refractivity contribution in [3.05, 3.63) is 71.4 Å². The van der Waals surface area contributed by atoms with Gasteiger partial charge < -0.3 is 4.90 Å². The summed E-state index contributed by atoms with van der Waals surface area (Å²) in [5.74, 6) is -0.316. The van der Waals surface area contributed by atoms with Crippen molar-refractivity contribution in [1.29, 1.82) is 0 Å². The number of benzene rings is 2. The second-order valence-electron chi connectivity index (χ2n) is 6.39. The van der Waals surface area contributed by atoms with E-state index in [0.29, 0.717) is 0 Å². The average Bonchev–Trinajstić information content (AvgIpc) is 2.99. The van der Waals surface area contributed by atoms with Crippen molar-refractivity contribution in [3.63, 3.8) is 0 Å². The average molecular weight is 400 g/mol. The van der Waals surface area contributed by atoms with Gasteiger partial charge in [-0.05, 0) is 29.8 Å². The van der Waals surface area contributed by atoms with Crippen LogP contribution >= 0.6 is 11.8 Å². The molecule has 5 nitrogen and oxygen atoms in total. The fourth-order valence-corrected chi connectivity index (χ4v) is 4.80. The zero-order chi connectivity index (χ0) is 19.0. The van der Waals surface area contributed by atoms with Crippen LogP contribution < -0.4 is 9.47 Å². The normalized spacial score (nSPS) is 15.5. The molecule has 3 aromatic rings. The lowest BCUT2D eigenvalue weighted by atomic mass is 10.1. The highest BCUT2D eigenvalue weighted by Crippen LogP contribution is 2.46. The molecule has 1 aliphatic heterocycles. The molecule has 7 heteroatoms. The maximum atomic E-state index is 11.3. The van der Waals surface area contributed by atoms with Crippen LogP contribution in [0.4, 0.5) is 5.69 Å². The zero-order valence-corrected chi connectivity index (χ0v) is 16.4. The number of thioether (sulfide) groups is 1. The molecule has 4 rings (SSSR count). The maximum Gasteiger partial charge on any atom is 0.266 e. The quantitative estimate of drug-likeness (QED) is 0.538. The molecular weight excluding hydrogens is 380 g/mol. The third-order valence-corrected chi connectivity index (χ3v) is 6.37. The van der Waals surface area contributed by atoms with Crippen LogP contribution in [0.15, 0.2) is 70.7 Å². The van der Waals surface area contributed by atoms with Gasteiger partial charge in [0.1, 0.15) is 7.05 Å². The molecule has 1 aromatic heterocycles. The van der Waals surface area contributed by atoms with Crippen LogP contribution in [-0.2, 0) is 17.2 Å². The van der Waals surface area contributed by atoms with E-state index in [4.69, 9.17) is 0 Å². The number of aryl methyl sites for hydroxylation is 1. The number of anilines is 1. The number of pyridine rings is 1. The van der Waals surface area contributed by atoms with E-state index in [1.165, 1.54) is 0 Å². The van der Waals surface area contributed by atoms with Gasteiger partial charge in [0.15, 0.2) is 6.20 Å². The first kappa shape index (κ1) is 18.0. The van der Waals surface area contributed by atoms with Crippen LogP contribution in [0.1, 0.15) is 5.56 Å². The number of hydrogen-bond acceptors (Lipinski definition) is 4. The lowest BCUT2D eigenvalue weighted by Gasteiger charge is -2.19. The topological polar surface area (TPSA) is 61.5 Å². The van der Waals surface area contributed by atoms with E-state index < -0.39 is 10.1 Å². The maximum absolute atomic E-state index is 11.3. The highest BCUT2D eigenvalue weighted by molar-refractivity contribution is 8.03. The number of para-hydroxylation sites is 2. The van der Waals surface area contributed by atoms with Crippen molar-refractivity contribution in [3.8, 4) is 0 Å². The smallest absolute Gasteiger partial charge is 0.266 e. The van der Waals surface area contributed by atoms with Crippen LogP contribution in [-0.4, -0.2) is 25.3 Å². The summed E-state index contributed by atoms with van der Waals surface area (Å²) >= 11 is 1.61. The third kappa shape index (κ3) is 3.71. The van der Waals surface area contributed by atoms with Crippen molar-refractivity contribution in [2.45, 2.75) is 4.90 Å². The summed E-state index contributed by atoms with van der Waals surface area (Å²) in [7, 11) is -2.02. The van der Waals surface area contributed by atoms with Crippen molar-refractivity contribution in [2.24, 2.45) is 7.05 Å². The molecule has 0 fully saturated rings. The largest absolute Gasteiger partial charge is 0.334 e. The Labute approximate surface area is 162 Å². The van der Waals surface area contributed by atoms with Gasteiger partial charge in [0.2, 0.25) is 5.52 Å². The van der Waals surface area contributed by atoms with Crippen LogP contribution in [0.25, 0.3) is 17.0 Å². The molecular formula is C20H19N2O3S2+. The number of rotatable bonds is 4. The molecule has 2 aromatic carbocycles. The lowest BCUT2D eigenvalue weighted by Crippen LogP contribution is -2.28. The summed E-state index contributed by atoms with van der Waals surface area (Å²) < 4.78 is 33.8. The summed E-state index contributed by atoms with van der Waals surface area (Å²) in [6, 6.07) is 18.1. The predicted molar refractivity (Wildman–Crippen MR) is 109 cm³/mol. The first-order valence-electron chi connectivity index (χ1n) is 8.51. The Morgan fingerprint density at radius 2 is 1.85 bits per heavy atom. The van der Waals surface area contributed by atoms with Gasteiger partial charge >= 0.3 is 0 Å². The molecule has 0 unspecified atom stereocenters. The van der Waals surface area contributed by atoms with E-state index in [1.807, 2.05) is 54.5 Å². The van der Waals surface area contributed by atoms with E-state index in [0.717, 1.165) is 32.1 Å². The standard InChI is InChI=1S/C20H18N2O3S2/c1-21-11-10-15(16-6-2-3-7-17(16)21)14-20-22(12-13-27(23,24)25)18-8-4-5-9-19(18)26-20/h2-11,14H,12-13H2,1H3/p+1. The van der Waals surface area contributed by atoms with Crippen molar-refractivity contribution in [1.82, 2.24) is 0 Å². The van der Waals surface area contributed by atoms with Crippen LogP contribution in [0.5, 0.6) is 0 Å². The first-order valence-corrected chi connectivity index (χ1v) is 10.9. The van der Waals surface area contributed by atoms with E-state index in [-0.39, 0.29) is 12.3 Å². The van der Waals surface area contributed by atoms with Crippen molar-refractivity contribution in [2.75, 3.05) is 17.2 Å². The summed E-state index contributed by atoms with van der Waals surface area (Å²) in [6.45, 7) is 0.202. The third-order valence-electron chi connectivity index (χ3n) is 4.56. The fraction of sp³-hybridized carbons (Fsp3) is 0.150. The molecule has 0 aliphatic carbocycles. The van der Waals surface area contributed by atoms with E-state index in [2.05, 4.69) is 28.8 Å². The molecule has 1 aliphatic rings. The highest BCUT2D eigenvalue weighted by Gasteiger charge is 2.26. The molecule has 0 saturated heterocycles. The Kier molecular flexibility index (Phi) is 4.67. The Morgan fingerprint density at radius 3 is 2.67 bits per heavy atom. The van der Waals surface area contributed by atoms with Crippen molar-refractivity contribution < 1.29 is 17.5 Å². The molecule has 1 N–H and O–H groups in total. The van der Waals surface area contributed by atoms with Gasteiger partial charge in [0.05, 0.1) is 21.9 Å². The molecule has 0 radical (unpaired) electrons. The van der Waals surface area contributed by atoms with Gasteiger partial charge in [-0.3, -0.25) is 4.55 Å². The van der Waals surface area contributed by atoms with Gasteiger partial charge in [0.25, 0.3) is 10.1 Å². The Hall–Kier alpha value is -2.35. The molecule has 0 amide bonds. The molecule has 0 bridgehead atoms. The van der Waals surface area contributed by atoms with Crippen LogP contribution in [0, 0.1) is 0 Å². The zero-order valence-electron chi connectivity index (χ0n) is 14.7. The number of hydrogen-bond donors (Lipinski definition) is 1. The second-order valence-corrected chi connectivity index (χ2v) is 9.02. The number of aromatic nitrogens is 1. The fourth-order valence-electron chi connectivity index (χ4n) is 3.24. The summed E-state index contributed by atoms with van der Waals surface area (Å²) in [5.41, 5.74) is 3.15. The van der Waals surface area contributed by atoms with Gasteiger partial charge in [-0.15, -0.1) is 0 Å². The summed E-state index contributed by atoms with van der Waals surface area (Å²) in [6.07, 6.45) is 4.10. The Morgan fingerprint density at radius 1 is 1.11 bits per heavy atom. The summed E-state index contributed by atoms with van der Waals surface area (Å²) in [4.78, 5) is 3.03. The van der Waals surface area contributed by atoms with Crippen LogP contribution in [0.2, 0.25) is 0 Å². The van der Waals surface area contributed by atoms with E-state index in [1.54, 1.807) is 11.8 Å². The SMILES string of the molecule is C[n+]1ccc(C=C2Sc3ccccc3N2CCS(=O)(=O)O)c2ccccc21.